The van der Waals surface area contributed by atoms with Crippen LogP contribution in [0.3, 0.4) is 0 Å². The van der Waals surface area contributed by atoms with Gasteiger partial charge < -0.3 is 10.1 Å². The third-order valence-electron chi connectivity index (χ3n) is 3.14. The van der Waals surface area contributed by atoms with Crippen LogP contribution < -0.4 is 15.4 Å². The maximum Gasteiger partial charge on any atom is 0.232 e. The molecule has 18 heavy (non-hydrogen) atoms. The molecule has 6 nitrogen and oxygen atoms in total. The number of anilines is 1. The molecular formula is C12H18N4O2. The number of rotatable bonds is 3. The Kier molecular flexibility index (Phi) is 3.76. The van der Waals surface area contributed by atoms with Crippen molar-refractivity contribution >= 4 is 11.9 Å². The second-order valence-electron chi connectivity index (χ2n) is 4.50. The second kappa shape index (κ2) is 5.30. The van der Waals surface area contributed by atoms with E-state index in [4.69, 9.17) is 4.74 Å². The molecule has 1 aliphatic heterocycles. The fourth-order valence-corrected chi connectivity index (χ4v) is 2.12. The molecule has 0 aliphatic carbocycles. The van der Waals surface area contributed by atoms with E-state index in [0.717, 1.165) is 18.7 Å². The number of methoxy groups -OCH3 is 1. The van der Waals surface area contributed by atoms with E-state index < -0.39 is 0 Å². The van der Waals surface area contributed by atoms with Crippen LogP contribution in [0, 0.1) is 12.8 Å². The maximum atomic E-state index is 12.1. The van der Waals surface area contributed by atoms with Crippen molar-refractivity contribution in [3.05, 3.63) is 11.8 Å². The van der Waals surface area contributed by atoms with Gasteiger partial charge in [0.05, 0.1) is 13.0 Å². The summed E-state index contributed by atoms with van der Waals surface area (Å²) >= 11 is 0. The molecule has 1 aliphatic rings. The summed E-state index contributed by atoms with van der Waals surface area (Å²) in [7, 11) is 1.54. The van der Waals surface area contributed by atoms with E-state index >= 15 is 0 Å². The molecule has 1 fully saturated rings. The molecule has 2 N–H and O–H groups in total. The van der Waals surface area contributed by atoms with Crippen molar-refractivity contribution in [1.29, 1.82) is 0 Å². The normalized spacial score (nSPS) is 22.8. The number of hydrogen-bond donors (Lipinski definition) is 2. The lowest BCUT2D eigenvalue weighted by Crippen LogP contribution is -2.32. The summed E-state index contributed by atoms with van der Waals surface area (Å²) in [4.78, 5) is 20.3. The van der Waals surface area contributed by atoms with Gasteiger partial charge in [-0.3, -0.25) is 10.1 Å². The molecule has 1 amide bonds. The molecule has 1 aromatic heterocycles. The Bertz CT molecular complexity index is 450. The molecule has 2 rings (SSSR count). The van der Waals surface area contributed by atoms with Crippen molar-refractivity contribution in [2.45, 2.75) is 26.3 Å². The fourth-order valence-electron chi connectivity index (χ4n) is 2.12. The zero-order valence-electron chi connectivity index (χ0n) is 10.9. The monoisotopic (exact) mass is 250 g/mol. The summed E-state index contributed by atoms with van der Waals surface area (Å²) in [6.07, 6.45) is 0.843. The number of hydrogen-bond acceptors (Lipinski definition) is 5. The van der Waals surface area contributed by atoms with E-state index in [0.29, 0.717) is 11.8 Å². The quantitative estimate of drug-likeness (QED) is 0.827. The molecule has 2 atom stereocenters. The van der Waals surface area contributed by atoms with Crippen molar-refractivity contribution in [1.82, 2.24) is 15.3 Å². The van der Waals surface area contributed by atoms with Gasteiger partial charge >= 0.3 is 0 Å². The van der Waals surface area contributed by atoms with E-state index in [9.17, 15) is 4.79 Å². The predicted molar refractivity (Wildman–Crippen MR) is 67.5 cm³/mol. The molecule has 98 valence electrons. The van der Waals surface area contributed by atoms with Crippen LogP contribution in [0.4, 0.5) is 5.95 Å². The number of ether oxygens (including phenoxy) is 1. The summed E-state index contributed by atoms with van der Waals surface area (Å²) in [6, 6.07) is 1.91. The number of amides is 1. The van der Waals surface area contributed by atoms with Gasteiger partial charge in [0.2, 0.25) is 17.7 Å². The van der Waals surface area contributed by atoms with E-state index in [1.165, 1.54) is 7.11 Å². The largest absolute Gasteiger partial charge is 0.481 e. The number of nitrogens with zero attached hydrogens (tertiary/aromatic N) is 2. The van der Waals surface area contributed by atoms with Gasteiger partial charge in [0.25, 0.3) is 0 Å². The van der Waals surface area contributed by atoms with Crippen LogP contribution in [0.2, 0.25) is 0 Å². The summed E-state index contributed by atoms with van der Waals surface area (Å²) in [5.74, 6) is 0.687. The second-order valence-corrected chi connectivity index (χ2v) is 4.50. The average molecular weight is 250 g/mol. The molecular weight excluding hydrogens is 232 g/mol. The number of carbonyl (C=O) groups excluding carboxylic acids is 1. The summed E-state index contributed by atoms with van der Waals surface area (Å²) in [5, 5.41) is 5.99. The average Bonchev–Trinajstić information content (AvgIpc) is 2.74. The molecule has 0 radical (unpaired) electrons. The van der Waals surface area contributed by atoms with Crippen LogP contribution in [-0.2, 0) is 4.79 Å². The number of nitrogens with one attached hydrogen (secondary N) is 2. The fraction of sp³-hybridized carbons (Fsp3) is 0.583. The van der Waals surface area contributed by atoms with Gasteiger partial charge in [-0.25, -0.2) is 4.98 Å². The van der Waals surface area contributed by atoms with Crippen LogP contribution in [0.25, 0.3) is 0 Å². The molecule has 1 aromatic rings. The Morgan fingerprint density at radius 2 is 2.33 bits per heavy atom. The Morgan fingerprint density at radius 1 is 1.56 bits per heavy atom. The lowest BCUT2D eigenvalue weighted by molar-refractivity contribution is -0.120. The first-order valence-corrected chi connectivity index (χ1v) is 6.04. The first kappa shape index (κ1) is 12.8. The minimum Gasteiger partial charge on any atom is -0.481 e. The summed E-state index contributed by atoms with van der Waals surface area (Å²) in [6.45, 7) is 4.71. The highest BCUT2D eigenvalue weighted by molar-refractivity contribution is 5.91. The Balaban J connectivity index is 2.09. The van der Waals surface area contributed by atoms with Crippen LogP contribution in [0.15, 0.2) is 6.07 Å². The van der Waals surface area contributed by atoms with Gasteiger partial charge in [-0.1, -0.05) is 0 Å². The highest BCUT2D eigenvalue weighted by Crippen LogP contribution is 2.18. The first-order chi connectivity index (χ1) is 8.60. The lowest BCUT2D eigenvalue weighted by atomic mass is 10.0. The van der Waals surface area contributed by atoms with Crippen molar-refractivity contribution in [3.63, 3.8) is 0 Å². The van der Waals surface area contributed by atoms with Crippen LogP contribution >= 0.6 is 0 Å². The molecule has 2 unspecified atom stereocenters. The Morgan fingerprint density at radius 3 is 2.94 bits per heavy atom. The standard InChI is InChI=1S/C12H18N4O2/c1-7-6-10(18-3)15-12(14-7)16-11(17)9-4-5-13-8(9)2/h6,8-9,13H,4-5H2,1-3H3,(H,14,15,16,17). The summed E-state index contributed by atoms with van der Waals surface area (Å²) in [5.41, 5.74) is 0.759. The van der Waals surface area contributed by atoms with E-state index in [-0.39, 0.29) is 17.9 Å². The van der Waals surface area contributed by atoms with Gasteiger partial charge in [0, 0.05) is 17.8 Å². The van der Waals surface area contributed by atoms with Gasteiger partial charge in [-0.05, 0) is 26.8 Å². The molecule has 0 spiro atoms. The molecule has 0 aromatic carbocycles. The molecule has 0 saturated carbocycles. The number of carbonyl (C=O) groups is 1. The molecule has 2 heterocycles. The highest BCUT2D eigenvalue weighted by atomic mass is 16.5. The molecule has 6 heteroatoms. The van der Waals surface area contributed by atoms with Gasteiger partial charge in [-0.2, -0.15) is 4.98 Å². The Labute approximate surface area is 106 Å². The third kappa shape index (κ3) is 2.76. The lowest BCUT2D eigenvalue weighted by Gasteiger charge is -2.14. The van der Waals surface area contributed by atoms with Crippen molar-refractivity contribution < 1.29 is 9.53 Å². The van der Waals surface area contributed by atoms with Gasteiger partial charge in [0.15, 0.2) is 0 Å². The van der Waals surface area contributed by atoms with E-state index in [2.05, 4.69) is 20.6 Å². The van der Waals surface area contributed by atoms with Crippen molar-refractivity contribution in [3.8, 4) is 5.88 Å². The highest BCUT2D eigenvalue weighted by Gasteiger charge is 2.29. The van der Waals surface area contributed by atoms with Gasteiger partial charge in [0.1, 0.15) is 0 Å². The minimum atomic E-state index is -0.0415. The van der Waals surface area contributed by atoms with Gasteiger partial charge in [-0.15, -0.1) is 0 Å². The number of aryl methyl sites for hydroxylation is 1. The van der Waals surface area contributed by atoms with Crippen LogP contribution in [0.1, 0.15) is 19.0 Å². The summed E-state index contributed by atoms with van der Waals surface area (Å²) < 4.78 is 5.05. The zero-order valence-corrected chi connectivity index (χ0v) is 10.9. The van der Waals surface area contributed by atoms with E-state index in [1.807, 2.05) is 13.8 Å². The minimum absolute atomic E-state index is 0.0277. The Hall–Kier alpha value is -1.69. The zero-order chi connectivity index (χ0) is 13.1. The van der Waals surface area contributed by atoms with Crippen LogP contribution in [-0.4, -0.2) is 35.6 Å². The molecule has 1 saturated heterocycles. The molecule has 0 bridgehead atoms. The van der Waals surface area contributed by atoms with Crippen LogP contribution in [0.5, 0.6) is 5.88 Å². The smallest absolute Gasteiger partial charge is 0.232 e. The van der Waals surface area contributed by atoms with Crippen molar-refractivity contribution in [2.75, 3.05) is 19.0 Å². The SMILES string of the molecule is COc1cc(C)nc(NC(=O)C2CCNC2C)n1. The first-order valence-electron chi connectivity index (χ1n) is 6.04. The maximum absolute atomic E-state index is 12.1. The number of aromatic nitrogens is 2. The third-order valence-corrected chi connectivity index (χ3v) is 3.14. The predicted octanol–water partition coefficient (Wildman–Crippen LogP) is 0.730. The topological polar surface area (TPSA) is 76.1 Å². The van der Waals surface area contributed by atoms with E-state index in [1.54, 1.807) is 6.07 Å². The van der Waals surface area contributed by atoms with Crippen molar-refractivity contribution in [2.24, 2.45) is 5.92 Å².